The van der Waals surface area contributed by atoms with E-state index in [4.69, 9.17) is 9.47 Å². The predicted octanol–water partition coefficient (Wildman–Crippen LogP) is 6.87. The number of carbonyl (C=O) groups excluding carboxylic acids is 2. The van der Waals surface area contributed by atoms with Gasteiger partial charge in [0.25, 0.3) is 11.8 Å². The molecule has 3 aromatic rings. The third-order valence-electron chi connectivity index (χ3n) is 8.21. The van der Waals surface area contributed by atoms with Crippen LogP contribution in [0.15, 0.2) is 54.3 Å². The van der Waals surface area contributed by atoms with Gasteiger partial charge in [0.1, 0.15) is 16.7 Å². The molecule has 0 aliphatic carbocycles. The van der Waals surface area contributed by atoms with E-state index in [1.165, 1.54) is 9.80 Å². The maximum absolute atomic E-state index is 14.6. The quantitative estimate of drug-likeness (QED) is 0.244. The number of hydrogen-bond acceptors (Lipinski definition) is 7. The number of amides is 2. The highest BCUT2D eigenvalue weighted by atomic mass is 32.1. The standard InChI is InChI=1S/C31H32F6N4O4S/c1-2-6-24-29(45-21-17-25(46-19-21)31(35,36)37,28(43)40-15-9-20(10-16-40)44-26-7-3-4-12-39-26)11-5-14-41(24)27(42)22-18-38-13-8-23(22)30(32,33)34/h3-4,7-8,12-13,17-20,24H,2,5-6,9-11,14-16H2,1H3/t24-,29+/m1/s1. The summed E-state index contributed by atoms with van der Waals surface area (Å²) in [6, 6.07) is 5.68. The summed E-state index contributed by atoms with van der Waals surface area (Å²) in [5.41, 5.74) is -3.71. The van der Waals surface area contributed by atoms with Crippen molar-refractivity contribution in [1.82, 2.24) is 19.8 Å². The molecule has 0 saturated carbocycles. The average Bonchev–Trinajstić information content (AvgIpc) is 3.51. The van der Waals surface area contributed by atoms with Crippen molar-refractivity contribution in [3.8, 4) is 11.6 Å². The normalized spacial score (nSPS) is 21.2. The monoisotopic (exact) mass is 670 g/mol. The number of aromatic nitrogens is 2. The number of halogens is 6. The van der Waals surface area contributed by atoms with Crippen molar-refractivity contribution < 1.29 is 45.4 Å². The van der Waals surface area contributed by atoms with Gasteiger partial charge in [0, 0.05) is 75.0 Å². The third kappa shape index (κ3) is 7.08. The Morgan fingerprint density at radius 2 is 1.80 bits per heavy atom. The third-order valence-corrected chi connectivity index (χ3v) is 9.17. The number of rotatable bonds is 8. The number of likely N-dealkylation sites (tertiary alicyclic amines) is 2. The van der Waals surface area contributed by atoms with E-state index >= 15 is 0 Å². The van der Waals surface area contributed by atoms with Crippen LogP contribution in [-0.4, -0.2) is 69.0 Å². The van der Waals surface area contributed by atoms with Crippen molar-refractivity contribution in [2.45, 2.75) is 75.5 Å². The van der Waals surface area contributed by atoms with Gasteiger partial charge >= 0.3 is 12.4 Å². The Balaban J connectivity index is 1.49. The lowest BCUT2D eigenvalue weighted by Gasteiger charge is -2.50. The van der Waals surface area contributed by atoms with E-state index in [0.717, 1.165) is 23.8 Å². The molecular weight excluding hydrogens is 638 g/mol. The molecule has 0 unspecified atom stereocenters. The minimum Gasteiger partial charge on any atom is -0.474 e. The molecule has 248 valence electrons. The van der Waals surface area contributed by atoms with Crippen molar-refractivity contribution in [2.24, 2.45) is 0 Å². The van der Waals surface area contributed by atoms with Crippen molar-refractivity contribution in [3.05, 3.63) is 70.3 Å². The number of alkyl halides is 6. The van der Waals surface area contributed by atoms with E-state index in [1.54, 1.807) is 31.3 Å². The SMILES string of the molecule is CCC[C@H]1N(C(=O)c2cnccc2C(F)(F)F)CCC[C@@]1(Oc1csc(C(F)(F)F)c1)C(=O)N1CCC(Oc2ccccn2)CC1. The molecule has 5 rings (SSSR count). The van der Waals surface area contributed by atoms with Crippen LogP contribution in [-0.2, 0) is 17.1 Å². The minimum atomic E-state index is -4.85. The molecule has 5 heterocycles. The lowest BCUT2D eigenvalue weighted by atomic mass is 9.79. The molecule has 0 N–H and O–H groups in total. The molecule has 2 saturated heterocycles. The van der Waals surface area contributed by atoms with Gasteiger partial charge in [-0.25, -0.2) is 4.98 Å². The second kappa shape index (κ2) is 13.5. The first-order valence-corrected chi connectivity index (χ1v) is 15.8. The van der Waals surface area contributed by atoms with Gasteiger partial charge in [-0.1, -0.05) is 19.4 Å². The first-order valence-electron chi connectivity index (χ1n) is 14.9. The van der Waals surface area contributed by atoms with E-state index in [9.17, 15) is 35.9 Å². The molecule has 15 heteroatoms. The molecular formula is C31H32F6N4O4S. The van der Waals surface area contributed by atoms with Gasteiger partial charge in [0.05, 0.1) is 17.2 Å². The zero-order chi connectivity index (χ0) is 33.1. The lowest BCUT2D eigenvalue weighted by Crippen LogP contribution is -2.68. The van der Waals surface area contributed by atoms with Gasteiger partial charge < -0.3 is 19.3 Å². The van der Waals surface area contributed by atoms with Crippen LogP contribution < -0.4 is 9.47 Å². The molecule has 3 aromatic heterocycles. The summed E-state index contributed by atoms with van der Waals surface area (Å²) in [4.78, 5) is 38.2. The van der Waals surface area contributed by atoms with Crippen LogP contribution in [0.5, 0.6) is 11.6 Å². The maximum Gasteiger partial charge on any atom is 0.425 e. The molecule has 0 aromatic carbocycles. The number of ether oxygens (including phenoxy) is 2. The van der Waals surface area contributed by atoms with Crippen molar-refractivity contribution >= 4 is 23.2 Å². The zero-order valence-corrected chi connectivity index (χ0v) is 25.6. The van der Waals surface area contributed by atoms with Gasteiger partial charge in [0.15, 0.2) is 0 Å². The highest BCUT2D eigenvalue weighted by Gasteiger charge is 2.56. The van der Waals surface area contributed by atoms with Gasteiger partial charge in [-0.05, 0) is 25.0 Å². The smallest absolute Gasteiger partial charge is 0.425 e. The highest BCUT2D eigenvalue weighted by Crippen LogP contribution is 2.43. The fourth-order valence-corrected chi connectivity index (χ4v) is 6.81. The summed E-state index contributed by atoms with van der Waals surface area (Å²) in [6.45, 7) is 2.26. The van der Waals surface area contributed by atoms with E-state index in [0.29, 0.717) is 42.5 Å². The first-order chi connectivity index (χ1) is 21.8. The summed E-state index contributed by atoms with van der Waals surface area (Å²) in [7, 11) is 0. The number of pyridine rings is 2. The summed E-state index contributed by atoms with van der Waals surface area (Å²) in [5, 5.41) is 1.15. The van der Waals surface area contributed by atoms with Gasteiger partial charge in [-0.2, -0.15) is 26.3 Å². The minimum absolute atomic E-state index is 0.0194. The predicted molar refractivity (Wildman–Crippen MR) is 155 cm³/mol. The number of piperidine rings is 2. The molecule has 0 bridgehead atoms. The highest BCUT2D eigenvalue weighted by molar-refractivity contribution is 7.10. The van der Waals surface area contributed by atoms with Crippen LogP contribution in [0.2, 0.25) is 0 Å². The van der Waals surface area contributed by atoms with Gasteiger partial charge in [0.2, 0.25) is 11.5 Å². The number of thiophene rings is 1. The molecule has 2 atom stereocenters. The van der Waals surface area contributed by atoms with Crippen LogP contribution in [0.25, 0.3) is 0 Å². The molecule has 2 aliphatic heterocycles. The first kappa shape index (κ1) is 33.5. The maximum atomic E-state index is 14.6. The topological polar surface area (TPSA) is 84.9 Å². The molecule has 46 heavy (non-hydrogen) atoms. The van der Waals surface area contributed by atoms with Gasteiger partial charge in [-0.3, -0.25) is 14.6 Å². The Labute approximate surface area is 265 Å². The van der Waals surface area contributed by atoms with Crippen LogP contribution in [0.3, 0.4) is 0 Å². The fourth-order valence-electron chi connectivity index (χ4n) is 6.13. The summed E-state index contributed by atoms with van der Waals surface area (Å²) < 4.78 is 94.5. The number of nitrogens with zero attached hydrogens (tertiary/aromatic N) is 4. The fraction of sp³-hybridized carbons (Fsp3) is 0.484. The Morgan fingerprint density at radius 1 is 1.04 bits per heavy atom. The largest absolute Gasteiger partial charge is 0.474 e. The molecule has 2 fully saturated rings. The van der Waals surface area contributed by atoms with E-state index in [1.807, 2.05) is 0 Å². The van der Waals surface area contributed by atoms with Crippen LogP contribution in [0, 0.1) is 0 Å². The average molecular weight is 671 g/mol. The lowest BCUT2D eigenvalue weighted by molar-refractivity contribution is -0.161. The van der Waals surface area contributed by atoms with Crippen LogP contribution in [0.1, 0.15) is 66.2 Å². The van der Waals surface area contributed by atoms with Crippen molar-refractivity contribution in [2.75, 3.05) is 19.6 Å². The summed E-state index contributed by atoms with van der Waals surface area (Å²) in [5.74, 6) is -1.29. The number of hydrogen-bond donors (Lipinski definition) is 0. The second-order valence-corrected chi connectivity index (χ2v) is 12.2. The Bertz CT molecular complexity index is 1510. The summed E-state index contributed by atoms with van der Waals surface area (Å²) >= 11 is 0.404. The van der Waals surface area contributed by atoms with E-state index in [2.05, 4.69) is 9.97 Å². The molecule has 2 amide bonds. The number of carbonyl (C=O) groups is 2. The Kier molecular flexibility index (Phi) is 9.80. The van der Waals surface area contributed by atoms with Crippen LogP contribution in [0.4, 0.5) is 26.3 Å². The second-order valence-electron chi connectivity index (χ2n) is 11.2. The van der Waals surface area contributed by atoms with E-state index < -0.39 is 51.8 Å². The molecule has 8 nitrogen and oxygen atoms in total. The van der Waals surface area contributed by atoms with E-state index in [-0.39, 0.29) is 50.8 Å². The molecule has 0 spiro atoms. The Hall–Kier alpha value is -3.88. The van der Waals surface area contributed by atoms with Crippen molar-refractivity contribution in [3.63, 3.8) is 0 Å². The van der Waals surface area contributed by atoms with Crippen molar-refractivity contribution in [1.29, 1.82) is 0 Å². The Morgan fingerprint density at radius 3 is 2.43 bits per heavy atom. The zero-order valence-electron chi connectivity index (χ0n) is 24.8. The summed E-state index contributed by atoms with van der Waals surface area (Å²) in [6.07, 6.45) is -4.75. The molecule has 0 radical (unpaired) electrons. The van der Waals surface area contributed by atoms with Gasteiger partial charge in [-0.15, -0.1) is 11.3 Å². The van der Waals surface area contributed by atoms with Crippen LogP contribution >= 0.6 is 11.3 Å². The molecule has 2 aliphatic rings.